The molecule has 1 aromatic rings. The van der Waals surface area contributed by atoms with Gasteiger partial charge in [0.15, 0.2) is 0 Å². The van der Waals surface area contributed by atoms with Crippen LogP contribution in [0.4, 0.5) is 5.69 Å². The van der Waals surface area contributed by atoms with Crippen molar-refractivity contribution in [2.24, 2.45) is 5.92 Å². The van der Waals surface area contributed by atoms with Crippen molar-refractivity contribution in [1.82, 2.24) is 5.32 Å². The lowest BCUT2D eigenvalue weighted by Gasteiger charge is -2.11. The summed E-state index contributed by atoms with van der Waals surface area (Å²) in [4.78, 5) is 34.5. The van der Waals surface area contributed by atoms with Gasteiger partial charge >= 0.3 is 5.97 Å². The summed E-state index contributed by atoms with van der Waals surface area (Å²) in [7, 11) is 0. The number of halogens is 1. The van der Waals surface area contributed by atoms with Gasteiger partial charge in [-0.3, -0.25) is 14.4 Å². The number of carboxylic acids is 1. The molecule has 0 heterocycles. The van der Waals surface area contributed by atoms with Crippen molar-refractivity contribution in [2.75, 3.05) is 11.9 Å². The van der Waals surface area contributed by atoms with Gasteiger partial charge in [-0.05, 0) is 37.0 Å². The number of hydrogen-bond donors (Lipinski definition) is 3. The van der Waals surface area contributed by atoms with Crippen molar-refractivity contribution in [2.45, 2.75) is 46.0 Å². The van der Waals surface area contributed by atoms with Crippen molar-refractivity contribution >= 4 is 35.1 Å². The highest BCUT2D eigenvalue weighted by Gasteiger charge is 2.12. The van der Waals surface area contributed by atoms with Gasteiger partial charge in [-0.25, -0.2) is 0 Å². The monoisotopic (exact) mass is 368 g/mol. The third kappa shape index (κ3) is 8.54. The Labute approximate surface area is 152 Å². The predicted molar refractivity (Wildman–Crippen MR) is 98.0 cm³/mol. The number of carboxylic acid groups (broad SMARTS) is 1. The molecule has 1 rings (SSSR count). The lowest BCUT2D eigenvalue weighted by Crippen LogP contribution is -2.25. The zero-order valence-corrected chi connectivity index (χ0v) is 15.4. The third-order valence-corrected chi connectivity index (χ3v) is 3.77. The number of rotatable bonds is 10. The van der Waals surface area contributed by atoms with Crippen molar-refractivity contribution < 1.29 is 19.5 Å². The van der Waals surface area contributed by atoms with Crippen LogP contribution in [0.1, 0.15) is 56.3 Å². The van der Waals surface area contributed by atoms with Crippen molar-refractivity contribution in [3.63, 3.8) is 0 Å². The molecule has 0 saturated heterocycles. The topological polar surface area (TPSA) is 95.5 Å². The molecule has 0 aliphatic rings. The molecule has 25 heavy (non-hydrogen) atoms. The molecule has 2 amide bonds. The van der Waals surface area contributed by atoms with Crippen LogP contribution in [0.3, 0.4) is 0 Å². The van der Waals surface area contributed by atoms with Crippen LogP contribution in [0.15, 0.2) is 18.2 Å². The second-order valence-corrected chi connectivity index (χ2v) is 6.71. The highest BCUT2D eigenvalue weighted by atomic mass is 35.5. The van der Waals surface area contributed by atoms with E-state index < -0.39 is 5.97 Å². The fourth-order valence-corrected chi connectivity index (χ4v) is 2.44. The minimum atomic E-state index is -0.813. The number of anilines is 1. The maximum absolute atomic E-state index is 12.2. The minimum absolute atomic E-state index is 0.109. The largest absolute Gasteiger partial charge is 0.481 e. The smallest absolute Gasteiger partial charge is 0.303 e. The van der Waals surface area contributed by atoms with Gasteiger partial charge < -0.3 is 15.7 Å². The average Bonchev–Trinajstić information content (AvgIpc) is 2.51. The van der Waals surface area contributed by atoms with E-state index in [4.69, 9.17) is 16.7 Å². The second-order valence-electron chi connectivity index (χ2n) is 6.30. The Kier molecular flexibility index (Phi) is 8.99. The van der Waals surface area contributed by atoms with E-state index in [-0.39, 0.29) is 24.2 Å². The maximum atomic E-state index is 12.2. The van der Waals surface area contributed by atoms with E-state index in [0.29, 0.717) is 42.1 Å². The quantitative estimate of drug-likeness (QED) is 0.549. The van der Waals surface area contributed by atoms with Gasteiger partial charge in [0.2, 0.25) is 5.91 Å². The van der Waals surface area contributed by atoms with Crippen molar-refractivity contribution in [3.8, 4) is 0 Å². The van der Waals surface area contributed by atoms with E-state index in [1.54, 1.807) is 18.2 Å². The molecule has 7 heteroatoms. The fraction of sp³-hybridized carbons (Fsp3) is 0.500. The number of aliphatic carboxylic acids is 1. The summed E-state index contributed by atoms with van der Waals surface area (Å²) in [6.45, 7) is 4.35. The highest BCUT2D eigenvalue weighted by Crippen LogP contribution is 2.21. The molecule has 0 aliphatic carbocycles. The Balaban J connectivity index is 2.53. The van der Waals surface area contributed by atoms with Gasteiger partial charge in [0, 0.05) is 25.1 Å². The van der Waals surface area contributed by atoms with Crippen LogP contribution in [0.25, 0.3) is 0 Å². The molecule has 0 unspecified atom stereocenters. The molecule has 6 nitrogen and oxygen atoms in total. The van der Waals surface area contributed by atoms with Crippen LogP contribution in [0.5, 0.6) is 0 Å². The molecule has 0 radical (unpaired) electrons. The molecule has 3 N–H and O–H groups in total. The average molecular weight is 369 g/mol. The Morgan fingerprint density at radius 2 is 1.88 bits per heavy atom. The van der Waals surface area contributed by atoms with E-state index in [1.807, 2.05) is 13.8 Å². The Morgan fingerprint density at radius 3 is 2.52 bits per heavy atom. The third-order valence-electron chi connectivity index (χ3n) is 3.44. The summed E-state index contributed by atoms with van der Waals surface area (Å²) in [5.41, 5.74) is 0.830. The summed E-state index contributed by atoms with van der Waals surface area (Å²) in [5, 5.41) is 14.4. The number of carbonyl (C=O) groups excluding carboxylic acids is 2. The first-order chi connectivity index (χ1) is 11.8. The molecule has 0 aromatic heterocycles. The Bertz CT molecular complexity index is 617. The van der Waals surface area contributed by atoms with Gasteiger partial charge in [-0.2, -0.15) is 0 Å². The normalized spacial score (nSPS) is 10.6. The van der Waals surface area contributed by atoms with Gasteiger partial charge in [0.25, 0.3) is 5.91 Å². The lowest BCUT2D eigenvalue weighted by molar-refractivity contribution is -0.137. The van der Waals surface area contributed by atoms with Crippen LogP contribution in [-0.4, -0.2) is 29.4 Å². The predicted octanol–water partition coefficient (Wildman–Crippen LogP) is 3.70. The van der Waals surface area contributed by atoms with Gasteiger partial charge in [0.05, 0.1) is 10.6 Å². The Hall–Kier alpha value is -2.08. The number of benzene rings is 1. The standard InChI is InChI=1S/C18H25ClN2O4/c1-12(2)10-16(22)21-13-7-8-15(19)14(11-13)18(25)20-9-5-3-4-6-17(23)24/h7-8,11-12H,3-6,9-10H2,1-2H3,(H,20,25)(H,21,22)(H,23,24). The number of hydrogen-bond acceptors (Lipinski definition) is 3. The van der Waals surface area contributed by atoms with E-state index in [9.17, 15) is 14.4 Å². The van der Waals surface area contributed by atoms with E-state index in [2.05, 4.69) is 10.6 Å². The zero-order valence-electron chi connectivity index (χ0n) is 14.6. The molecule has 1 aromatic carbocycles. The van der Waals surface area contributed by atoms with Crippen LogP contribution in [-0.2, 0) is 9.59 Å². The first-order valence-electron chi connectivity index (χ1n) is 8.39. The van der Waals surface area contributed by atoms with Crippen molar-refractivity contribution in [1.29, 1.82) is 0 Å². The van der Waals surface area contributed by atoms with Crippen LogP contribution in [0.2, 0.25) is 5.02 Å². The molecule has 138 valence electrons. The molecule has 0 bridgehead atoms. The molecular weight excluding hydrogens is 344 g/mol. The number of amides is 2. The van der Waals surface area contributed by atoms with Crippen LogP contribution in [0, 0.1) is 5.92 Å². The summed E-state index contributed by atoms with van der Waals surface area (Å²) >= 11 is 6.07. The molecule has 0 atom stereocenters. The number of unbranched alkanes of at least 4 members (excludes halogenated alkanes) is 2. The first-order valence-corrected chi connectivity index (χ1v) is 8.76. The fourth-order valence-electron chi connectivity index (χ4n) is 2.23. The van der Waals surface area contributed by atoms with E-state index >= 15 is 0 Å². The number of nitrogens with one attached hydrogen (secondary N) is 2. The molecular formula is C18H25ClN2O4. The molecule has 0 aliphatic heterocycles. The number of carbonyl (C=O) groups is 3. The molecule has 0 spiro atoms. The van der Waals surface area contributed by atoms with Gasteiger partial charge in [0.1, 0.15) is 0 Å². The SMILES string of the molecule is CC(C)CC(=O)Nc1ccc(Cl)c(C(=O)NCCCCCC(=O)O)c1. The Morgan fingerprint density at radius 1 is 1.16 bits per heavy atom. The maximum Gasteiger partial charge on any atom is 0.303 e. The molecule has 0 fully saturated rings. The summed E-state index contributed by atoms with van der Waals surface area (Å²) in [6, 6.07) is 4.79. The van der Waals surface area contributed by atoms with Gasteiger partial charge in [-0.1, -0.05) is 31.9 Å². The van der Waals surface area contributed by atoms with Crippen LogP contribution < -0.4 is 10.6 Å². The van der Waals surface area contributed by atoms with E-state index in [1.165, 1.54) is 0 Å². The lowest BCUT2D eigenvalue weighted by atomic mass is 10.1. The second kappa shape index (κ2) is 10.7. The first kappa shape index (κ1) is 21.0. The minimum Gasteiger partial charge on any atom is -0.481 e. The zero-order chi connectivity index (χ0) is 18.8. The summed E-state index contributed by atoms with van der Waals surface area (Å²) in [6.07, 6.45) is 2.55. The molecule has 0 saturated carbocycles. The van der Waals surface area contributed by atoms with Crippen LogP contribution >= 0.6 is 11.6 Å². The van der Waals surface area contributed by atoms with E-state index in [0.717, 1.165) is 6.42 Å². The van der Waals surface area contributed by atoms with Gasteiger partial charge in [-0.15, -0.1) is 0 Å². The van der Waals surface area contributed by atoms with Crippen molar-refractivity contribution in [3.05, 3.63) is 28.8 Å². The summed E-state index contributed by atoms with van der Waals surface area (Å²) in [5.74, 6) is -0.992. The summed E-state index contributed by atoms with van der Waals surface area (Å²) < 4.78 is 0. The highest BCUT2D eigenvalue weighted by molar-refractivity contribution is 6.34.